The molecule has 1 spiro atoms. The minimum absolute atomic E-state index is 0.0114. The number of carbonyl (C=O) groups excluding carboxylic acids is 4. The van der Waals surface area contributed by atoms with Gasteiger partial charge in [-0.3, -0.25) is 19.3 Å². The van der Waals surface area contributed by atoms with Crippen LogP contribution in [0.3, 0.4) is 0 Å². The summed E-state index contributed by atoms with van der Waals surface area (Å²) in [6.45, 7) is 3.87. The van der Waals surface area contributed by atoms with Crippen LogP contribution in [-0.4, -0.2) is 29.0 Å². The number of allylic oxidation sites excluding steroid dienone is 1. The number of amides is 1. The summed E-state index contributed by atoms with van der Waals surface area (Å²) in [5.74, 6) is -2.60. The molecule has 6 rings (SSSR count). The average molecular weight is 587 g/mol. The molecule has 1 N–H and O–H groups in total. The number of nitrogens with one attached hydrogen (secondary N) is 1. The predicted molar refractivity (Wildman–Crippen MR) is 156 cm³/mol. The van der Waals surface area contributed by atoms with Crippen LogP contribution >= 0.6 is 23.2 Å². The van der Waals surface area contributed by atoms with Gasteiger partial charge in [-0.15, -0.1) is 0 Å². The predicted octanol–water partition coefficient (Wildman–Crippen LogP) is 6.53. The van der Waals surface area contributed by atoms with E-state index in [0.29, 0.717) is 33.5 Å². The summed E-state index contributed by atoms with van der Waals surface area (Å²) >= 11 is 12.2. The van der Waals surface area contributed by atoms with Crippen molar-refractivity contribution in [2.45, 2.75) is 32.3 Å². The van der Waals surface area contributed by atoms with E-state index in [1.165, 1.54) is 4.90 Å². The number of esters is 1. The molecule has 206 valence electrons. The third kappa shape index (κ3) is 4.36. The van der Waals surface area contributed by atoms with Gasteiger partial charge in [-0.2, -0.15) is 0 Å². The van der Waals surface area contributed by atoms with Crippen LogP contribution in [0.4, 0.5) is 11.4 Å². The highest BCUT2D eigenvalue weighted by molar-refractivity contribution is 6.32. The van der Waals surface area contributed by atoms with Crippen molar-refractivity contribution < 1.29 is 23.9 Å². The third-order valence-corrected chi connectivity index (χ3v) is 8.00. The number of hydrogen-bond acceptors (Lipinski definition) is 6. The molecule has 2 aliphatic heterocycles. The standard InChI is InChI=1S/C32H24Cl2N2O5/c1-31(2)16-23-25(24(37)17-31)32(30(40)36(23)22-14-10-20(34)11-15-22)26(28(38)18-6-4-3-5-7-18)27(29(39)41-32)35-21-12-8-19(33)9-13-21/h3-15,35H,16-17H2,1-2H3. The second-order valence-corrected chi connectivity index (χ2v) is 11.9. The molecule has 3 aromatic rings. The molecule has 0 fully saturated rings. The number of Topliss-reactive ketones (excluding diaryl/α,β-unsaturated/α-hetero) is 2. The zero-order valence-electron chi connectivity index (χ0n) is 22.2. The van der Waals surface area contributed by atoms with Crippen LogP contribution < -0.4 is 10.2 Å². The monoisotopic (exact) mass is 586 g/mol. The Morgan fingerprint density at radius 2 is 1.46 bits per heavy atom. The van der Waals surface area contributed by atoms with Gasteiger partial charge >= 0.3 is 5.97 Å². The highest BCUT2D eigenvalue weighted by Gasteiger charge is 2.68. The fourth-order valence-corrected chi connectivity index (χ4v) is 6.02. The van der Waals surface area contributed by atoms with Gasteiger partial charge in [0.25, 0.3) is 11.5 Å². The molecule has 1 atom stereocenters. The lowest BCUT2D eigenvalue weighted by Gasteiger charge is -2.33. The van der Waals surface area contributed by atoms with Crippen LogP contribution in [0.1, 0.15) is 37.0 Å². The van der Waals surface area contributed by atoms with E-state index in [1.807, 2.05) is 13.8 Å². The number of ketones is 2. The van der Waals surface area contributed by atoms with E-state index in [4.69, 9.17) is 27.9 Å². The van der Waals surface area contributed by atoms with Crippen LogP contribution in [0.15, 0.2) is 101 Å². The van der Waals surface area contributed by atoms with Gasteiger partial charge in [-0.25, -0.2) is 4.79 Å². The minimum Gasteiger partial charge on any atom is -0.434 e. The Balaban J connectivity index is 1.62. The van der Waals surface area contributed by atoms with Crippen LogP contribution in [0.25, 0.3) is 0 Å². The van der Waals surface area contributed by atoms with Gasteiger partial charge in [-0.05, 0) is 60.4 Å². The smallest absolute Gasteiger partial charge is 0.357 e. The first kappa shape index (κ1) is 27.0. The molecule has 3 aromatic carbocycles. The molecule has 0 radical (unpaired) electrons. The number of nitrogens with zero attached hydrogens (tertiary/aromatic N) is 1. The molecule has 1 aliphatic carbocycles. The number of anilines is 2. The maximum atomic E-state index is 14.7. The van der Waals surface area contributed by atoms with Crippen LogP contribution in [0, 0.1) is 5.41 Å². The van der Waals surface area contributed by atoms with E-state index < -0.39 is 28.7 Å². The van der Waals surface area contributed by atoms with E-state index in [0.717, 1.165) is 0 Å². The van der Waals surface area contributed by atoms with Crippen LogP contribution in [-0.2, 0) is 19.1 Å². The molecular weight excluding hydrogens is 563 g/mol. The Kier molecular flexibility index (Phi) is 6.40. The van der Waals surface area contributed by atoms with Gasteiger partial charge in [0, 0.05) is 39.1 Å². The first-order valence-electron chi connectivity index (χ1n) is 13.0. The van der Waals surface area contributed by atoms with Crippen molar-refractivity contribution in [1.29, 1.82) is 0 Å². The first-order valence-corrected chi connectivity index (χ1v) is 13.7. The first-order chi connectivity index (χ1) is 19.5. The van der Waals surface area contributed by atoms with E-state index in [1.54, 1.807) is 78.9 Å². The molecule has 0 saturated heterocycles. The van der Waals surface area contributed by atoms with Crippen molar-refractivity contribution in [3.63, 3.8) is 0 Å². The van der Waals surface area contributed by atoms with E-state index in [2.05, 4.69) is 5.32 Å². The zero-order valence-corrected chi connectivity index (χ0v) is 23.7. The quantitative estimate of drug-likeness (QED) is 0.270. The van der Waals surface area contributed by atoms with E-state index in [-0.39, 0.29) is 34.6 Å². The Hall–Kier alpha value is -4.20. The normalized spacial score (nSPS) is 21.5. The lowest BCUT2D eigenvalue weighted by atomic mass is 9.71. The molecule has 0 saturated carbocycles. The van der Waals surface area contributed by atoms with Crippen molar-refractivity contribution in [2.75, 3.05) is 10.2 Å². The zero-order chi connectivity index (χ0) is 29.1. The number of halogens is 2. The molecule has 7 nitrogen and oxygen atoms in total. The van der Waals surface area contributed by atoms with Gasteiger partial charge in [-0.1, -0.05) is 67.4 Å². The molecule has 2 heterocycles. The number of fused-ring (bicyclic) bond motifs is 1. The number of ether oxygens (including phenoxy) is 1. The lowest BCUT2D eigenvalue weighted by molar-refractivity contribution is -0.152. The maximum absolute atomic E-state index is 14.7. The van der Waals surface area contributed by atoms with Gasteiger partial charge in [0.15, 0.2) is 11.6 Å². The highest BCUT2D eigenvalue weighted by atomic mass is 35.5. The summed E-state index contributed by atoms with van der Waals surface area (Å²) in [5, 5.41) is 3.92. The van der Waals surface area contributed by atoms with Crippen molar-refractivity contribution in [1.82, 2.24) is 0 Å². The largest absolute Gasteiger partial charge is 0.434 e. The molecule has 3 aliphatic rings. The average Bonchev–Trinajstić information content (AvgIpc) is 3.34. The SMILES string of the molecule is CC1(C)CC(=O)C2=C(C1)N(c1ccc(Cl)cc1)C(=O)C21OC(=O)C(Nc2ccc(Cl)cc2)=C1C(=O)c1ccccc1. The lowest BCUT2D eigenvalue weighted by Crippen LogP contribution is -2.48. The summed E-state index contributed by atoms with van der Waals surface area (Å²) in [5.41, 5.74) is -1.65. The molecule has 41 heavy (non-hydrogen) atoms. The van der Waals surface area contributed by atoms with Gasteiger partial charge < -0.3 is 10.1 Å². The molecule has 1 amide bonds. The molecule has 0 aromatic heterocycles. The number of hydrogen-bond donors (Lipinski definition) is 1. The fourth-order valence-electron chi connectivity index (χ4n) is 5.77. The van der Waals surface area contributed by atoms with Gasteiger partial charge in [0.05, 0.1) is 11.1 Å². The van der Waals surface area contributed by atoms with Crippen molar-refractivity contribution >= 4 is 58.0 Å². The summed E-state index contributed by atoms with van der Waals surface area (Å²) < 4.78 is 5.95. The molecule has 9 heteroatoms. The molecule has 0 bridgehead atoms. The Bertz CT molecular complexity index is 1690. The highest BCUT2D eigenvalue weighted by Crippen LogP contribution is 2.54. The summed E-state index contributed by atoms with van der Waals surface area (Å²) in [4.78, 5) is 57.9. The molecular formula is C32H24Cl2N2O5. The fraction of sp³-hybridized carbons (Fsp3) is 0.188. The van der Waals surface area contributed by atoms with Crippen molar-refractivity contribution in [3.8, 4) is 0 Å². The van der Waals surface area contributed by atoms with Crippen molar-refractivity contribution in [2.24, 2.45) is 5.41 Å². The van der Waals surface area contributed by atoms with Gasteiger partial charge in [0.1, 0.15) is 5.70 Å². The second-order valence-electron chi connectivity index (χ2n) is 11.0. The van der Waals surface area contributed by atoms with Crippen LogP contribution in [0.5, 0.6) is 0 Å². The number of rotatable bonds is 5. The summed E-state index contributed by atoms with van der Waals surface area (Å²) in [6, 6.07) is 21.4. The second kappa shape index (κ2) is 9.72. The number of benzene rings is 3. The summed E-state index contributed by atoms with van der Waals surface area (Å²) in [7, 11) is 0. The Morgan fingerprint density at radius 3 is 2.10 bits per heavy atom. The number of carbonyl (C=O) groups is 4. The third-order valence-electron chi connectivity index (χ3n) is 7.49. The van der Waals surface area contributed by atoms with E-state index in [9.17, 15) is 19.2 Å². The van der Waals surface area contributed by atoms with E-state index >= 15 is 0 Å². The topological polar surface area (TPSA) is 92.8 Å². The van der Waals surface area contributed by atoms with Gasteiger partial charge in [0.2, 0.25) is 0 Å². The summed E-state index contributed by atoms with van der Waals surface area (Å²) in [6.07, 6.45) is 0.452. The van der Waals surface area contributed by atoms with Crippen molar-refractivity contribution in [3.05, 3.63) is 117 Å². The molecule has 1 unspecified atom stereocenters. The Morgan fingerprint density at radius 1 is 0.854 bits per heavy atom. The minimum atomic E-state index is -2.26. The maximum Gasteiger partial charge on any atom is 0.357 e. The Labute approximate surface area is 246 Å². The van der Waals surface area contributed by atoms with Crippen LogP contribution in [0.2, 0.25) is 10.0 Å².